The van der Waals surface area contributed by atoms with Crippen LogP contribution in [0.1, 0.15) is 10.5 Å². The molecule has 0 aliphatic rings. The topological polar surface area (TPSA) is 83.0 Å². The molecule has 0 spiro atoms. The summed E-state index contributed by atoms with van der Waals surface area (Å²) in [6.07, 6.45) is 1.55. The van der Waals surface area contributed by atoms with E-state index in [4.69, 9.17) is 10.5 Å². The summed E-state index contributed by atoms with van der Waals surface area (Å²) < 4.78 is 7.50. The Morgan fingerprint density at radius 1 is 1.38 bits per heavy atom. The van der Waals surface area contributed by atoms with Gasteiger partial charge in [0.2, 0.25) is 0 Å². The number of carbonyl (C=O) groups excluding carboxylic acids is 1. The Morgan fingerprint density at radius 3 is 2.86 bits per heavy atom. The summed E-state index contributed by atoms with van der Waals surface area (Å²) >= 11 is 3.39. The van der Waals surface area contributed by atoms with Gasteiger partial charge in [0.15, 0.2) is 5.65 Å². The molecule has 106 valence electrons. The Balaban J connectivity index is 2.32. The fraction of sp³-hybridized carbons (Fsp3) is 0.0714. The van der Waals surface area contributed by atoms with Crippen molar-refractivity contribution < 1.29 is 9.53 Å². The van der Waals surface area contributed by atoms with Gasteiger partial charge < -0.3 is 10.5 Å². The predicted octanol–water partition coefficient (Wildman–Crippen LogP) is 2.29. The lowest BCUT2D eigenvalue weighted by Crippen LogP contribution is -2.17. The third kappa shape index (κ3) is 2.36. The number of rotatable bonds is 3. The van der Waals surface area contributed by atoms with Gasteiger partial charge in [0.05, 0.1) is 24.4 Å². The molecule has 6 nitrogen and oxygen atoms in total. The molecular weight excluding hydrogens is 336 g/mol. The van der Waals surface area contributed by atoms with Gasteiger partial charge in [-0.05, 0) is 24.3 Å². The molecule has 2 N–H and O–H groups in total. The van der Waals surface area contributed by atoms with Gasteiger partial charge in [0.25, 0.3) is 5.91 Å². The monoisotopic (exact) mass is 346 g/mol. The van der Waals surface area contributed by atoms with Crippen molar-refractivity contribution in [2.24, 2.45) is 5.73 Å². The van der Waals surface area contributed by atoms with Crippen molar-refractivity contribution in [2.75, 3.05) is 7.11 Å². The summed E-state index contributed by atoms with van der Waals surface area (Å²) in [5.41, 5.74) is 6.94. The Bertz CT molecular complexity index is 844. The number of hydrogen-bond donors (Lipinski definition) is 1. The van der Waals surface area contributed by atoms with Crippen molar-refractivity contribution >= 4 is 32.9 Å². The minimum Gasteiger partial charge on any atom is -0.495 e. The van der Waals surface area contributed by atoms with Crippen LogP contribution < -0.4 is 10.5 Å². The minimum atomic E-state index is -0.576. The third-order valence-corrected chi connectivity index (χ3v) is 3.52. The zero-order chi connectivity index (χ0) is 15.0. The molecule has 0 bridgehead atoms. The summed E-state index contributed by atoms with van der Waals surface area (Å²) in [6.45, 7) is 0. The Labute approximate surface area is 128 Å². The average Bonchev–Trinajstić information content (AvgIpc) is 2.85. The van der Waals surface area contributed by atoms with E-state index in [1.165, 1.54) is 11.8 Å². The number of hydrogen-bond acceptors (Lipinski definition) is 4. The summed E-state index contributed by atoms with van der Waals surface area (Å²) in [6, 6.07) is 9.11. The van der Waals surface area contributed by atoms with E-state index in [1.807, 2.05) is 24.3 Å². The van der Waals surface area contributed by atoms with Gasteiger partial charge in [-0.25, -0.2) is 9.67 Å². The molecule has 0 saturated carbocycles. The van der Waals surface area contributed by atoms with Crippen LogP contribution in [-0.4, -0.2) is 27.8 Å². The van der Waals surface area contributed by atoms with E-state index in [2.05, 4.69) is 26.0 Å². The number of fused-ring (bicyclic) bond motifs is 1. The number of nitrogens with zero attached hydrogens (tertiary/aromatic N) is 3. The van der Waals surface area contributed by atoms with Gasteiger partial charge in [-0.3, -0.25) is 4.79 Å². The highest BCUT2D eigenvalue weighted by Crippen LogP contribution is 2.25. The maximum Gasteiger partial charge on any atom is 0.268 e. The van der Waals surface area contributed by atoms with Crippen LogP contribution in [0.4, 0.5) is 0 Å². The molecule has 1 amide bonds. The molecule has 7 heteroatoms. The highest BCUT2D eigenvalue weighted by atomic mass is 79.9. The van der Waals surface area contributed by atoms with Gasteiger partial charge in [0.1, 0.15) is 11.4 Å². The second-order valence-corrected chi connectivity index (χ2v) is 5.27. The first kappa shape index (κ1) is 13.6. The van der Waals surface area contributed by atoms with Gasteiger partial charge >= 0.3 is 0 Å². The van der Waals surface area contributed by atoms with E-state index < -0.39 is 5.91 Å². The normalized spacial score (nSPS) is 10.8. The molecule has 0 radical (unpaired) electrons. The van der Waals surface area contributed by atoms with Crippen LogP contribution in [0.3, 0.4) is 0 Å². The number of benzene rings is 1. The fourth-order valence-electron chi connectivity index (χ4n) is 2.09. The summed E-state index contributed by atoms with van der Waals surface area (Å²) in [4.78, 5) is 16.0. The van der Waals surface area contributed by atoms with E-state index >= 15 is 0 Å². The van der Waals surface area contributed by atoms with Crippen LogP contribution in [0.15, 0.2) is 41.0 Å². The number of ether oxygens (including phenoxy) is 1. The number of primary amides is 1. The largest absolute Gasteiger partial charge is 0.495 e. The maximum atomic E-state index is 11.8. The van der Waals surface area contributed by atoms with Crippen molar-refractivity contribution in [3.8, 4) is 11.4 Å². The number of methoxy groups -OCH3 is 1. The first-order valence-corrected chi connectivity index (χ1v) is 6.88. The van der Waals surface area contributed by atoms with Crippen molar-refractivity contribution in [3.63, 3.8) is 0 Å². The van der Waals surface area contributed by atoms with Crippen molar-refractivity contribution in [1.82, 2.24) is 14.8 Å². The zero-order valence-electron chi connectivity index (χ0n) is 11.1. The molecule has 0 fully saturated rings. The zero-order valence-corrected chi connectivity index (χ0v) is 12.7. The van der Waals surface area contributed by atoms with E-state index in [-0.39, 0.29) is 5.69 Å². The maximum absolute atomic E-state index is 11.8. The number of pyridine rings is 1. The molecule has 0 aliphatic heterocycles. The SMILES string of the molecule is COc1cnc2nn(-c3cccc(Br)c3)c(C(N)=O)c2c1. The number of halogens is 1. The number of nitrogens with two attached hydrogens (primary N) is 1. The molecule has 2 aromatic heterocycles. The van der Waals surface area contributed by atoms with Crippen molar-refractivity contribution in [2.45, 2.75) is 0 Å². The molecule has 0 unspecified atom stereocenters. The molecular formula is C14H11BrN4O2. The van der Waals surface area contributed by atoms with Gasteiger partial charge in [-0.1, -0.05) is 22.0 Å². The van der Waals surface area contributed by atoms with Crippen LogP contribution in [-0.2, 0) is 0 Å². The molecule has 3 rings (SSSR count). The van der Waals surface area contributed by atoms with E-state index in [0.717, 1.165) is 10.2 Å². The lowest BCUT2D eigenvalue weighted by Gasteiger charge is -2.05. The van der Waals surface area contributed by atoms with Gasteiger partial charge in [-0.2, -0.15) is 0 Å². The number of carbonyl (C=O) groups is 1. The van der Waals surface area contributed by atoms with Gasteiger partial charge in [0, 0.05) is 4.47 Å². The highest BCUT2D eigenvalue weighted by molar-refractivity contribution is 9.10. The number of amides is 1. The van der Waals surface area contributed by atoms with Crippen LogP contribution in [0.25, 0.3) is 16.7 Å². The van der Waals surface area contributed by atoms with E-state index in [9.17, 15) is 4.79 Å². The average molecular weight is 347 g/mol. The van der Waals surface area contributed by atoms with Crippen LogP contribution >= 0.6 is 15.9 Å². The summed E-state index contributed by atoms with van der Waals surface area (Å²) in [5.74, 6) is -0.0358. The smallest absolute Gasteiger partial charge is 0.268 e. The first-order valence-electron chi connectivity index (χ1n) is 6.08. The molecule has 3 aromatic rings. The fourth-order valence-corrected chi connectivity index (χ4v) is 2.48. The molecule has 2 heterocycles. The molecule has 0 atom stereocenters. The lowest BCUT2D eigenvalue weighted by atomic mass is 10.2. The molecule has 0 aliphatic carbocycles. The van der Waals surface area contributed by atoms with Crippen LogP contribution in [0.2, 0.25) is 0 Å². The Morgan fingerprint density at radius 2 is 2.19 bits per heavy atom. The van der Waals surface area contributed by atoms with Crippen LogP contribution in [0, 0.1) is 0 Å². The second kappa shape index (κ2) is 5.17. The second-order valence-electron chi connectivity index (χ2n) is 4.35. The standard InChI is InChI=1S/C14H11BrN4O2/c1-21-10-6-11-12(13(16)20)19(18-14(11)17-7-10)9-4-2-3-8(15)5-9/h2-7H,1H3,(H2,16,20). The first-order chi connectivity index (χ1) is 10.1. The molecule has 1 aromatic carbocycles. The Kier molecular flexibility index (Phi) is 3.34. The van der Waals surface area contributed by atoms with Gasteiger partial charge in [-0.15, -0.1) is 5.10 Å². The molecule has 0 saturated heterocycles. The predicted molar refractivity (Wildman–Crippen MR) is 81.6 cm³/mol. The van der Waals surface area contributed by atoms with Crippen LogP contribution in [0.5, 0.6) is 5.75 Å². The minimum absolute atomic E-state index is 0.273. The van der Waals surface area contributed by atoms with E-state index in [0.29, 0.717) is 16.8 Å². The lowest BCUT2D eigenvalue weighted by molar-refractivity contribution is 0.0994. The molecule has 21 heavy (non-hydrogen) atoms. The third-order valence-electron chi connectivity index (χ3n) is 3.03. The van der Waals surface area contributed by atoms with Crippen molar-refractivity contribution in [1.29, 1.82) is 0 Å². The Hall–Kier alpha value is -2.41. The summed E-state index contributed by atoms with van der Waals surface area (Å²) in [7, 11) is 1.53. The van der Waals surface area contributed by atoms with Crippen molar-refractivity contribution in [3.05, 3.63) is 46.7 Å². The summed E-state index contributed by atoms with van der Waals surface area (Å²) in [5, 5.41) is 4.91. The number of aromatic nitrogens is 3. The van der Waals surface area contributed by atoms with E-state index in [1.54, 1.807) is 12.3 Å². The quantitative estimate of drug-likeness (QED) is 0.788. The highest BCUT2D eigenvalue weighted by Gasteiger charge is 2.19.